The summed E-state index contributed by atoms with van der Waals surface area (Å²) in [5.74, 6) is 0.136. The first-order valence-corrected chi connectivity index (χ1v) is 6.48. The van der Waals surface area contributed by atoms with Gasteiger partial charge in [-0.05, 0) is 24.8 Å². The minimum absolute atomic E-state index is 0.210. The lowest BCUT2D eigenvalue weighted by Gasteiger charge is -2.34. The van der Waals surface area contributed by atoms with Crippen LogP contribution in [-0.2, 0) is 4.74 Å². The van der Waals surface area contributed by atoms with Gasteiger partial charge in [-0.1, -0.05) is 6.92 Å². The molecule has 0 aliphatic carbocycles. The molecule has 6 heteroatoms. The quantitative estimate of drug-likeness (QED) is 0.792. The van der Waals surface area contributed by atoms with Gasteiger partial charge in [-0.2, -0.15) is 0 Å². The molecule has 1 aromatic rings. The van der Waals surface area contributed by atoms with Crippen LogP contribution < -0.4 is 10.6 Å². The SMILES string of the molecule is COC(=O)c1cncc(NCC2(C)CCCNC2)n1. The number of nitrogens with one attached hydrogen (secondary N) is 2. The molecule has 0 bridgehead atoms. The Morgan fingerprint density at radius 3 is 3.11 bits per heavy atom. The normalized spacial score (nSPS) is 22.8. The van der Waals surface area contributed by atoms with E-state index in [1.165, 1.54) is 26.1 Å². The average molecular weight is 264 g/mol. The van der Waals surface area contributed by atoms with E-state index in [9.17, 15) is 4.79 Å². The molecule has 2 heterocycles. The van der Waals surface area contributed by atoms with E-state index in [0.29, 0.717) is 5.82 Å². The Balaban J connectivity index is 1.97. The molecule has 0 spiro atoms. The summed E-state index contributed by atoms with van der Waals surface area (Å²) in [6.07, 6.45) is 5.39. The van der Waals surface area contributed by atoms with Crippen molar-refractivity contribution in [2.45, 2.75) is 19.8 Å². The highest BCUT2D eigenvalue weighted by Crippen LogP contribution is 2.25. The summed E-state index contributed by atoms with van der Waals surface area (Å²) in [6.45, 7) is 5.13. The Labute approximate surface area is 113 Å². The molecular formula is C13H20N4O2. The van der Waals surface area contributed by atoms with Gasteiger partial charge >= 0.3 is 5.97 Å². The van der Waals surface area contributed by atoms with Crippen molar-refractivity contribution in [3.05, 3.63) is 18.1 Å². The third-order valence-electron chi connectivity index (χ3n) is 3.41. The zero-order valence-electron chi connectivity index (χ0n) is 11.4. The van der Waals surface area contributed by atoms with E-state index in [1.54, 1.807) is 6.20 Å². The largest absolute Gasteiger partial charge is 0.464 e. The zero-order chi connectivity index (χ0) is 13.7. The Kier molecular flexibility index (Phi) is 4.31. The van der Waals surface area contributed by atoms with Crippen molar-refractivity contribution >= 4 is 11.8 Å². The maximum atomic E-state index is 11.4. The van der Waals surface area contributed by atoms with E-state index in [4.69, 9.17) is 0 Å². The maximum absolute atomic E-state index is 11.4. The molecule has 0 amide bonds. The molecular weight excluding hydrogens is 244 g/mol. The monoisotopic (exact) mass is 264 g/mol. The number of hydrogen-bond acceptors (Lipinski definition) is 6. The van der Waals surface area contributed by atoms with Crippen LogP contribution >= 0.6 is 0 Å². The third-order valence-corrected chi connectivity index (χ3v) is 3.41. The van der Waals surface area contributed by atoms with Gasteiger partial charge in [0.2, 0.25) is 0 Å². The van der Waals surface area contributed by atoms with E-state index in [1.807, 2.05) is 0 Å². The van der Waals surface area contributed by atoms with Crippen molar-refractivity contribution in [1.82, 2.24) is 15.3 Å². The molecule has 2 rings (SSSR count). The van der Waals surface area contributed by atoms with E-state index >= 15 is 0 Å². The predicted octanol–water partition coefficient (Wildman–Crippen LogP) is 1.06. The first kappa shape index (κ1) is 13.7. The van der Waals surface area contributed by atoms with Crippen molar-refractivity contribution < 1.29 is 9.53 Å². The smallest absolute Gasteiger partial charge is 0.358 e. The Morgan fingerprint density at radius 2 is 2.42 bits per heavy atom. The van der Waals surface area contributed by atoms with Gasteiger partial charge < -0.3 is 15.4 Å². The highest BCUT2D eigenvalue weighted by Gasteiger charge is 2.26. The predicted molar refractivity (Wildman–Crippen MR) is 72.1 cm³/mol. The van der Waals surface area contributed by atoms with Crippen LogP contribution in [-0.4, -0.2) is 42.7 Å². The second-order valence-corrected chi connectivity index (χ2v) is 5.23. The number of aromatic nitrogens is 2. The molecule has 1 aliphatic rings. The topological polar surface area (TPSA) is 76.1 Å². The molecule has 0 radical (unpaired) electrons. The molecule has 2 N–H and O–H groups in total. The van der Waals surface area contributed by atoms with Crippen molar-refractivity contribution in [3.8, 4) is 0 Å². The summed E-state index contributed by atoms with van der Waals surface area (Å²) in [6, 6.07) is 0. The lowest BCUT2D eigenvalue weighted by molar-refractivity contribution is 0.0593. The molecule has 1 unspecified atom stereocenters. The van der Waals surface area contributed by atoms with E-state index in [-0.39, 0.29) is 11.1 Å². The van der Waals surface area contributed by atoms with Gasteiger partial charge in [-0.15, -0.1) is 0 Å². The number of anilines is 1. The Bertz CT molecular complexity index is 444. The van der Waals surface area contributed by atoms with Crippen LogP contribution in [0.2, 0.25) is 0 Å². The van der Waals surface area contributed by atoms with Crippen LogP contribution in [0.3, 0.4) is 0 Å². The van der Waals surface area contributed by atoms with Gasteiger partial charge in [0.05, 0.1) is 19.5 Å². The van der Waals surface area contributed by atoms with Crippen LogP contribution in [0, 0.1) is 5.41 Å². The third kappa shape index (κ3) is 3.64. The van der Waals surface area contributed by atoms with Crippen molar-refractivity contribution in [1.29, 1.82) is 0 Å². The molecule has 1 aromatic heterocycles. The second-order valence-electron chi connectivity index (χ2n) is 5.23. The second kappa shape index (κ2) is 5.97. The average Bonchev–Trinajstić information content (AvgIpc) is 2.45. The Morgan fingerprint density at radius 1 is 1.58 bits per heavy atom. The lowest BCUT2D eigenvalue weighted by Crippen LogP contribution is -2.42. The van der Waals surface area contributed by atoms with Gasteiger partial charge in [0.1, 0.15) is 5.82 Å². The summed E-state index contributed by atoms with van der Waals surface area (Å²) < 4.78 is 4.63. The number of hydrogen-bond donors (Lipinski definition) is 2. The lowest BCUT2D eigenvalue weighted by atomic mass is 9.83. The summed E-state index contributed by atoms with van der Waals surface area (Å²) in [5, 5.41) is 6.65. The van der Waals surface area contributed by atoms with E-state index in [2.05, 4.69) is 32.3 Å². The molecule has 1 saturated heterocycles. The molecule has 6 nitrogen and oxygen atoms in total. The van der Waals surface area contributed by atoms with Gasteiger partial charge in [0, 0.05) is 13.1 Å². The van der Waals surface area contributed by atoms with Crippen molar-refractivity contribution in [2.75, 3.05) is 32.1 Å². The highest BCUT2D eigenvalue weighted by atomic mass is 16.5. The molecule has 1 aliphatic heterocycles. The summed E-state index contributed by atoms with van der Waals surface area (Å²) in [4.78, 5) is 19.6. The number of nitrogens with zero attached hydrogens (tertiary/aromatic N) is 2. The first-order chi connectivity index (χ1) is 9.13. The molecule has 1 atom stereocenters. The standard InChI is InChI=1S/C13H20N4O2/c1-13(4-3-5-14-8-13)9-16-11-7-15-6-10(17-11)12(18)19-2/h6-7,14H,3-5,8-9H2,1-2H3,(H,16,17). The molecule has 104 valence electrons. The van der Waals surface area contributed by atoms with Crippen LogP contribution in [0.25, 0.3) is 0 Å². The van der Waals surface area contributed by atoms with Gasteiger partial charge in [0.15, 0.2) is 5.69 Å². The van der Waals surface area contributed by atoms with Crippen LogP contribution in [0.5, 0.6) is 0 Å². The first-order valence-electron chi connectivity index (χ1n) is 6.48. The zero-order valence-corrected chi connectivity index (χ0v) is 11.4. The summed E-state index contributed by atoms with van der Waals surface area (Å²) in [7, 11) is 1.33. The maximum Gasteiger partial charge on any atom is 0.358 e. The Hall–Kier alpha value is -1.69. The van der Waals surface area contributed by atoms with Crippen LogP contribution in [0.15, 0.2) is 12.4 Å². The fourth-order valence-corrected chi connectivity index (χ4v) is 2.23. The fraction of sp³-hybridized carbons (Fsp3) is 0.615. The highest BCUT2D eigenvalue weighted by molar-refractivity contribution is 5.87. The van der Waals surface area contributed by atoms with Crippen molar-refractivity contribution in [3.63, 3.8) is 0 Å². The number of ether oxygens (including phenoxy) is 1. The minimum atomic E-state index is -0.471. The van der Waals surface area contributed by atoms with E-state index < -0.39 is 5.97 Å². The number of methoxy groups -OCH3 is 1. The van der Waals surface area contributed by atoms with Crippen molar-refractivity contribution in [2.24, 2.45) is 5.41 Å². The van der Waals surface area contributed by atoms with Gasteiger partial charge in [0.25, 0.3) is 0 Å². The number of carbonyl (C=O) groups excluding carboxylic acids is 1. The number of carbonyl (C=O) groups is 1. The number of piperidine rings is 1. The van der Waals surface area contributed by atoms with E-state index in [0.717, 1.165) is 19.6 Å². The number of rotatable bonds is 4. The minimum Gasteiger partial charge on any atom is -0.464 e. The van der Waals surface area contributed by atoms with Gasteiger partial charge in [-0.3, -0.25) is 4.98 Å². The molecule has 19 heavy (non-hydrogen) atoms. The summed E-state index contributed by atoms with van der Waals surface area (Å²) in [5.41, 5.74) is 0.431. The van der Waals surface area contributed by atoms with Crippen LogP contribution in [0.4, 0.5) is 5.82 Å². The number of esters is 1. The fourth-order valence-electron chi connectivity index (χ4n) is 2.23. The molecule has 0 saturated carbocycles. The molecule has 1 fully saturated rings. The van der Waals surface area contributed by atoms with Crippen LogP contribution in [0.1, 0.15) is 30.3 Å². The summed E-state index contributed by atoms with van der Waals surface area (Å²) >= 11 is 0. The van der Waals surface area contributed by atoms with Gasteiger partial charge in [-0.25, -0.2) is 9.78 Å². The molecule has 0 aromatic carbocycles.